The molecule has 3 N–H and O–H groups in total. The molecule has 1 fully saturated rings. The topological polar surface area (TPSA) is 46.2 Å². The standard InChI is InChI=1S/C18H20ClNO.ClH/c19-16-7-5-15(6-8-16)14-3-1-12(2-4-14)9-13-10-17(20)18(21)11-13;/h1-8,13,17-18,21H,9-11,20H2;1H/t13-,17+,18+;/m0./s1. The Morgan fingerprint density at radius 3 is 2.00 bits per heavy atom. The van der Waals surface area contributed by atoms with E-state index in [1.54, 1.807) is 0 Å². The van der Waals surface area contributed by atoms with Crippen LogP contribution in [0.3, 0.4) is 0 Å². The molecule has 0 bridgehead atoms. The first-order valence-corrected chi connectivity index (χ1v) is 7.78. The van der Waals surface area contributed by atoms with Crippen LogP contribution in [0.25, 0.3) is 11.1 Å². The molecule has 22 heavy (non-hydrogen) atoms. The van der Waals surface area contributed by atoms with Crippen LogP contribution < -0.4 is 5.73 Å². The smallest absolute Gasteiger partial charge is 0.0693 e. The number of halogens is 2. The van der Waals surface area contributed by atoms with E-state index < -0.39 is 0 Å². The Kier molecular flexibility index (Phi) is 5.87. The highest BCUT2D eigenvalue weighted by atomic mass is 35.5. The minimum absolute atomic E-state index is 0. The molecule has 3 atom stereocenters. The first-order chi connectivity index (χ1) is 10.1. The Morgan fingerprint density at radius 1 is 0.955 bits per heavy atom. The summed E-state index contributed by atoms with van der Waals surface area (Å²) >= 11 is 5.91. The molecule has 0 aromatic heterocycles. The molecule has 1 aliphatic rings. The lowest BCUT2D eigenvalue weighted by molar-refractivity contribution is 0.161. The largest absolute Gasteiger partial charge is 0.392 e. The lowest BCUT2D eigenvalue weighted by Crippen LogP contribution is -2.28. The normalized spacial score (nSPS) is 24.0. The van der Waals surface area contributed by atoms with Crippen LogP contribution in [0.15, 0.2) is 48.5 Å². The molecule has 0 unspecified atom stereocenters. The van der Waals surface area contributed by atoms with Crippen molar-refractivity contribution in [2.75, 3.05) is 0 Å². The summed E-state index contributed by atoms with van der Waals surface area (Å²) in [6.07, 6.45) is 2.40. The van der Waals surface area contributed by atoms with Gasteiger partial charge in [-0.3, -0.25) is 0 Å². The molecule has 1 aliphatic carbocycles. The van der Waals surface area contributed by atoms with Crippen LogP contribution in [0.2, 0.25) is 5.02 Å². The lowest BCUT2D eigenvalue weighted by atomic mass is 9.96. The third-order valence-corrected chi connectivity index (χ3v) is 4.58. The van der Waals surface area contributed by atoms with Crippen molar-refractivity contribution < 1.29 is 5.11 Å². The van der Waals surface area contributed by atoms with Crippen molar-refractivity contribution >= 4 is 24.0 Å². The van der Waals surface area contributed by atoms with Crippen molar-refractivity contribution in [2.45, 2.75) is 31.4 Å². The first kappa shape index (κ1) is 17.3. The number of hydrogen-bond acceptors (Lipinski definition) is 2. The van der Waals surface area contributed by atoms with Gasteiger partial charge in [-0.1, -0.05) is 48.0 Å². The Hall–Kier alpha value is -1.06. The van der Waals surface area contributed by atoms with E-state index in [9.17, 15) is 5.11 Å². The third kappa shape index (κ3) is 4.02. The predicted molar refractivity (Wildman–Crippen MR) is 94.5 cm³/mol. The summed E-state index contributed by atoms with van der Waals surface area (Å²) in [6.45, 7) is 0. The monoisotopic (exact) mass is 337 g/mol. The molecule has 2 nitrogen and oxygen atoms in total. The highest BCUT2D eigenvalue weighted by Crippen LogP contribution is 2.29. The van der Waals surface area contributed by atoms with Gasteiger partial charge in [0.1, 0.15) is 0 Å². The van der Waals surface area contributed by atoms with Crippen LogP contribution in [0.5, 0.6) is 0 Å². The van der Waals surface area contributed by atoms with Crippen molar-refractivity contribution in [3.05, 3.63) is 59.1 Å². The Labute approximate surface area is 142 Å². The molecule has 3 rings (SSSR count). The summed E-state index contributed by atoms with van der Waals surface area (Å²) in [4.78, 5) is 0. The van der Waals surface area contributed by atoms with Gasteiger partial charge in [-0.25, -0.2) is 0 Å². The maximum atomic E-state index is 9.73. The molecule has 0 saturated heterocycles. The van der Waals surface area contributed by atoms with Gasteiger partial charge in [0.2, 0.25) is 0 Å². The molecular weight excluding hydrogens is 317 g/mol. The van der Waals surface area contributed by atoms with E-state index in [0.29, 0.717) is 5.92 Å². The number of benzene rings is 2. The Bertz CT molecular complexity index is 587. The van der Waals surface area contributed by atoms with Crippen molar-refractivity contribution in [2.24, 2.45) is 11.7 Å². The molecule has 0 heterocycles. The average molecular weight is 338 g/mol. The molecule has 0 spiro atoms. The molecule has 1 saturated carbocycles. The molecule has 4 heteroatoms. The van der Waals surface area contributed by atoms with Gasteiger partial charge < -0.3 is 10.8 Å². The number of rotatable bonds is 3. The second-order valence-corrected chi connectivity index (χ2v) is 6.41. The van der Waals surface area contributed by atoms with Crippen LogP contribution >= 0.6 is 24.0 Å². The van der Waals surface area contributed by atoms with Crippen molar-refractivity contribution in [1.82, 2.24) is 0 Å². The first-order valence-electron chi connectivity index (χ1n) is 7.40. The van der Waals surface area contributed by atoms with Crippen LogP contribution in [0.4, 0.5) is 0 Å². The van der Waals surface area contributed by atoms with Crippen LogP contribution in [0, 0.1) is 5.92 Å². The Balaban J connectivity index is 0.00000176. The number of nitrogens with two attached hydrogens (primary N) is 1. The van der Waals surface area contributed by atoms with E-state index >= 15 is 0 Å². The molecule has 0 aliphatic heterocycles. The fourth-order valence-electron chi connectivity index (χ4n) is 3.13. The van der Waals surface area contributed by atoms with E-state index in [0.717, 1.165) is 24.3 Å². The maximum Gasteiger partial charge on any atom is 0.0693 e. The van der Waals surface area contributed by atoms with E-state index in [-0.39, 0.29) is 24.6 Å². The SMILES string of the molecule is Cl.N[C@@H]1C[C@H](Cc2ccc(-c3ccc(Cl)cc3)cc2)C[C@H]1O. The second kappa shape index (κ2) is 7.47. The van der Waals surface area contributed by atoms with E-state index in [4.69, 9.17) is 17.3 Å². The minimum Gasteiger partial charge on any atom is -0.392 e. The fraction of sp³-hybridized carbons (Fsp3) is 0.333. The molecule has 0 amide bonds. The highest BCUT2D eigenvalue weighted by Gasteiger charge is 2.29. The summed E-state index contributed by atoms with van der Waals surface area (Å²) in [6, 6.07) is 16.4. The molecular formula is C18H21Cl2NO. The summed E-state index contributed by atoms with van der Waals surface area (Å²) in [5, 5.41) is 10.5. The summed E-state index contributed by atoms with van der Waals surface area (Å²) in [5.41, 5.74) is 9.54. The van der Waals surface area contributed by atoms with Crippen molar-refractivity contribution in [1.29, 1.82) is 0 Å². The highest BCUT2D eigenvalue weighted by molar-refractivity contribution is 6.30. The van der Waals surface area contributed by atoms with Gasteiger partial charge in [0.15, 0.2) is 0 Å². The molecule has 0 radical (unpaired) electrons. The molecule has 2 aromatic carbocycles. The van der Waals surface area contributed by atoms with Gasteiger partial charge in [0, 0.05) is 11.1 Å². The minimum atomic E-state index is -0.330. The summed E-state index contributed by atoms with van der Waals surface area (Å²) in [5.74, 6) is 0.497. The maximum absolute atomic E-state index is 9.73. The molecule has 2 aromatic rings. The van der Waals surface area contributed by atoms with E-state index in [1.165, 1.54) is 16.7 Å². The predicted octanol–water partition coefficient (Wildman–Crippen LogP) is 4.07. The second-order valence-electron chi connectivity index (χ2n) is 5.98. The quantitative estimate of drug-likeness (QED) is 0.886. The van der Waals surface area contributed by atoms with E-state index in [1.807, 2.05) is 24.3 Å². The van der Waals surface area contributed by atoms with E-state index in [2.05, 4.69) is 24.3 Å². The zero-order chi connectivity index (χ0) is 14.8. The zero-order valence-electron chi connectivity index (χ0n) is 12.3. The van der Waals surface area contributed by atoms with Gasteiger partial charge in [-0.05, 0) is 54.0 Å². The van der Waals surface area contributed by atoms with Crippen LogP contribution in [-0.2, 0) is 6.42 Å². The lowest BCUT2D eigenvalue weighted by Gasteiger charge is -2.10. The van der Waals surface area contributed by atoms with Crippen LogP contribution in [-0.4, -0.2) is 17.3 Å². The number of aliphatic hydroxyl groups is 1. The fourth-order valence-corrected chi connectivity index (χ4v) is 3.26. The summed E-state index contributed by atoms with van der Waals surface area (Å²) in [7, 11) is 0. The zero-order valence-corrected chi connectivity index (χ0v) is 13.9. The van der Waals surface area contributed by atoms with Gasteiger partial charge in [-0.2, -0.15) is 0 Å². The Morgan fingerprint density at radius 2 is 1.50 bits per heavy atom. The average Bonchev–Trinajstić information content (AvgIpc) is 2.79. The van der Waals surface area contributed by atoms with Gasteiger partial charge in [-0.15, -0.1) is 12.4 Å². The van der Waals surface area contributed by atoms with Gasteiger partial charge in [0.05, 0.1) is 6.10 Å². The van der Waals surface area contributed by atoms with Crippen LogP contribution in [0.1, 0.15) is 18.4 Å². The third-order valence-electron chi connectivity index (χ3n) is 4.33. The van der Waals surface area contributed by atoms with Crippen molar-refractivity contribution in [3.63, 3.8) is 0 Å². The summed E-state index contributed by atoms with van der Waals surface area (Å²) < 4.78 is 0. The van der Waals surface area contributed by atoms with Crippen molar-refractivity contribution in [3.8, 4) is 11.1 Å². The number of hydrogen-bond donors (Lipinski definition) is 2. The molecule has 118 valence electrons. The van der Waals surface area contributed by atoms with Gasteiger partial charge in [0.25, 0.3) is 0 Å². The van der Waals surface area contributed by atoms with Gasteiger partial charge >= 0.3 is 0 Å². The number of aliphatic hydroxyl groups excluding tert-OH is 1.